The molecule has 4 heteroatoms. The molecule has 60 valence electrons. The van der Waals surface area contributed by atoms with Crippen LogP contribution in [0.25, 0.3) is 0 Å². The van der Waals surface area contributed by atoms with Crippen LogP contribution in [0.2, 0.25) is 0 Å². The van der Waals surface area contributed by atoms with Gasteiger partial charge in [0, 0.05) is 12.2 Å². The van der Waals surface area contributed by atoms with Crippen LogP contribution in [0.4, 0.5) is 0 Å². The third kappa shape index (κ3) is 1.83. The molecule has 1 fully saturated rings. The van der Waals surface area contributed by atoms with Crippen molar-refractivity contribution >= 4 is 23.6 Å². The van der Waals surface area contributed by atoms with Crippen LogP contribution >= 0.6 is 11.9 Å². The molecular formula is C7H9NO2S. The molecule has 0 aromatic rings. The molecule has 1 saturated heterocycles. The Hall–Kier alpha value is -0.770. The van der Waals surface area contributed by atoms with Gasteiger partial charge in [0.15, 0.2) is 0 Å². The topological polar surface area (TPSA) is 37.4 Å². The van der Waals surface area contributed by atoms with Gasteiger partial charge in [-0.1, -0.05) is 6.08 Å². The van der Waals surface area contributed by atoms with Gasteiger partial charge in [0.1, 0.15) is 0 Å². The number of Topliss-reactive ketones (excluding diaryl/α,β-unsaturated/α-hetero) is 1. The van der Waals surface area contributed by atoms with E-state index in [-0.39, 0.29) is 11.7 Å². The first kappa shape index (κ1) is 8.33. The number of rotatable bonds is 2. The SMILES string of the molecule is C=CCN1SCCC(=O)C1=O. The van der Waals surface area contributed by atoms with Crippen molar-refractivity contribution in [1.82, 2.24) is 4.31 Å². The molecule has 1 aliphatic heterocycles. The van der Waals surface area contributed by atoms with E-state index in [1.165, 1.54) is 16.3 Å². The second-order valence-electron chi connectivity index (χ2n) is 2.16. The van der Waals surface area contributed by atoms with Crippen LogP contribution in [-0.2, 0) is 9.59 Å². The maximum Gasteiger partial charge on any atom is 0.300 e. The fraction of sp³-hybridized carbons (Fsp3) is 0.429. The number of nitrogens with zero attached hydrogens (tertiary/aromatic N) is 1. The van der Waals surface area contributed by atoms with E-state index in [1.54, 1.807) is 6.08 Å². The molecule has 0 aromatic heterocycles. The van der Waals surface area contributed by atoms with E-state index >= 15 is 0 Å². The molecule has 0 spiro atoms. The minimum atomic E-state index is -0.388. The average Bonchev–Trinajstić information content (AvgIpc) is 1.99. The number of hydrogen-bond donors (Lipinski definition) is 0. The van der Waals surface area contributed by atoms with Crippen LogP contribution in [0.5, 0.6) is 0 Å². The highest BCUT2D eigenvalue weighted by molar-refractivity contribution is 7.97. The fourth-order valence-electron chi connectivity index (χ4n) is 0.806. The summed E-state index contributed by atoms with van der Waals surface area (Å²) in [6.07, 6.45) is 1.99. The minimum Gasteiger partial charge on any atom is -0.289 e. The van der Waals surface area contributed by atoms with Gasteiger partial charge in [0.2, 0.25) is 5.78 Å². The van der Waals surface area contributed by atoms with E-state index in [0.29, 0.717) is 18.7 Å². The van der Waals surface area contributed by atoms with Gasteiger partial charge >= 0.3 is 0 Å². The number of ketones is 1. The second kappa shape index (κ2) is 3.57. The Morgan fingerprint density at radius 2 is 2.36 bits per heavy atom. The zero-order valence-corrected chi connectivity index (χ0v) is 6.89. The van der Waals surface area contributed by atoms with E-state index < -0.39 is 0 Å². The lowest BCUT2D eigenvalue weighted by Gasteiger charge is -2.22. The molecule has 11 heavy (non-hydrogen) atoms. The van der Waals surface area contributed by atoms with Crippen molar-refractivity contribution < 1.29 is 9.59 Å². The summed E-state index contributed by atoms with van der Waals surface area (Å²) < 4.78 is 1.44. The van der Waals surface area contributed by atoms with Crippen molar-refractivity contribution in [1.29, 1.82) is 0 Å². The summed E-state index contributed by atoms with van der Waals surface area (Å²) in [6.45, 7) is 3.95. The van der Waals surface area contributed by atoms with E-state index in [9.17, 15) is 9.59 Å². The number of carbonyl (C=O) groups excluding carboxylic acids is 2. The molecular weight excluding hydrogens is 162 g/mol. The van der Waals surface area contributed by atoms with E-state index in [2.05, 4.69) is 6.58 Å². The normalized spacial score (nSPS) is 18.7. The number of hydrogen-bond acceptors (Lipinski definition) is 3. The third-order valence-corrected chi connectivity index (χ3v) is 2.35. The first-order valence-corrected chi connectivity index (χ1v) is 4.28. The highest BCUT2D eigenvalue weighted by atomic mass is 32.2. The Morgan fingerprint density at radius 1 is 1.64 bits per heavy atom. The van der Waals surface area contributed by atoms with Crippen LogP contribution in [0, 0.1) is 0 Å². The predicted molar refractivity (Wildman–Crippen MR) is 44.0 cm³/mol. The van der Waals surface area contributed by atoms with Crippen molar-refractivity contribution in [2.24, 2.45) is 0 Å². The summed E-state index contributed by atoms with van der Waals surface area (Å²) in [5.41, 5.74) is 0. The minimum absolute atomic E-state index is 0.286. The lowest BCUT2D eigenvalue weighted by atomic mass is 10.3. The Balaban J connectivity index is 2.58. The molecule has 1 aliphatic rings. The Labute approximate surface area is 69.6 Å². The monoisotopic (exact) mass is 171 g/mol. The van der Waals surface area contributed by atoms with Gasteiger partial charge in [0.25, 0.3) is 5.91 Å². The summed E-state index contributed by atoms with van der Waals surface area (Å²) >= 11 is 1.39. The molecule has 0 N–H and O–H groups in total. The Bertz CT molecular complexity index is 203. The lowest BCUT2D eigenvalue weighted by Crippen LogP contribution is -2.35. The van der Waals surface area contributed by atoms with Crippen LogP contribution < -0.4 is 0 Å². The van der Waals surface area contributed by atoms with E-state index in [0.717, 1.165) is 0 Å². The molecule has 1 amide bonds. The molecule has 0 bridgehead atoms. The largest absolute Gasteiger partial charge is 0.300 e. The molecule has 0 atom stereocenters. The van der Waals surface area contributed by atoms with Gasteiger partial charge in [-0.15, -0.1) is 6.58 Å². The standard InChI is InChI=1S/C7H9NO2S/c1-2-4-8-7(10)6(9)3-5-11-8/h2H,1,3-5H2. The van der Waals surface area contributed by atoms with Crippen molar-refractivity contribution in [3.05, 3.63) is 12.7 Å². The van der Waals surface area contributed by atoms with Gasteiger partial charge in [0.05, 0.1) is 6.54 Å². The van der Waals surface area contributed by atoms with E-state index in [4.69, 9.17) is 0 Å². The Morgan fingerprint density at radius 3 is 3.00 bits per heavy atom. The first-order valence-electron chi connectivity index (χ1n) is 3.34. The molecule has 3 nitrogen and oxygen atoms in total. The second-order valence-corrected chi connectivity index (χ2v) is 3.27. The summed E-state index contributed by atoms with van der Waals surface area (Å²) in [4.78, 5) is 21.9. The summed E-state index contributed by atoms with van der Waals surface area (Å²) in [5.74, 6) is 0.0325. The van der Waals surface area contributed by atoms with Crippen LogP contribution in [0.1, 0.15) is 6.42 Å². The summed E-state index contributed by atoms with van der Waals surface area (Å²) in [6, 6.07) is 0. The van der Waals surface area contributed by atoms with E-state index in [1.807, 2.05) is 0 Å². The zero-order chi connectivity index (χ0) is 8.27. The number of carbonyl (C=O) groups is 2. The molecule has 0 aromatic carbocycles. The summed E-state index contributed by atoms with van der Waals surface area (Å²) in [5, 5.41) is 0. The third-order valence-electron chi connectivity index (χ3n) is 1.34. The lowest BCUT2D eigenvalue weighted by molar-refractivity contribution is -0.141. The first-order chi connectivity index (χ1) is 5.25. The predicted octanol–water partition coefficient (Wildman–Crippen LogP) is 0.622. The summed E-state index contributed by atoms with van der Waals surface area (Å²) in [7, 11) is 0. The maximum atomic E-state index is 11.0. The van der Waals surface area contributed by atoms with Crippen LogP contribution in [0.3, 0.4) is 0 Å². The molecule has 0 saturated carbocycles. The van der Waals surface area contributed by atoms with Gasteiger partial charge in [-0.25, -0.2) is 0 Å². The fourth-order valence-corrected chi connectivity index (χ4v) is 1.73. The van der Waals surface area contributed by atoms with Crippen molar-refractivity contribution in [3.63, 3.8) is 0 Å². The zero-order valence-electron chi connectivity index (χ0n) is 6.08. The van der Waals surface area contributed by atoms with Gasteiger partial charge in [-0.2, -0.15) is 0 Å². The molecule has 0 radical (unpaired) electrons. The smallest absolute Gasteiger partial charge is 0.289 e. The molecule has 1 heterocycles. The van der Waals surface area contributed by atoms with Gasteiger partial charge in [-0.05, 0) is 11.9 Å². The van der Waals surface area contributed by atoms with Gasteiger partial charge < -0.3 is 0 Å². The average molecular weight is 171 g/mol. The van der Waals surface area contributed by atoms with Crippen molar-refractivity contribution in [2.45, 2.75) is 6.42 Å². The molecule has 0 aliphatic carbocycles. The highest BCUT2D eigenvalue weighted by Gasteiger charge is 2.25. The molecule has 0 unspecified atom stereocenters. The highest BCUT2D eigenvalue weighted by Crippen LogP contribution is 2.17. The molecule has 1 rings (SSSR count). The van der Waals surface area contributed by atoms with Crippen molar-refractivity contribution in [2.75, 3.05) is 12.3 Å². The van der Waals surface area contributed by atoms with Crippen LogP contribution in [0.15, 0.2) is 12.7 Å². The number of amides is 1. The Kier molecular flexibility index (Phi) is 2.70. The van der Waals surface area contributed by atoms with Crippen molar-refractivity contribution in [3.8, 4) is 0 Å². The quantitative estimate of drug-likeness (QED) is 0.347. The van der Waals surface area contributed by atoms with Gasteiger partial charge in [-0.3, -0.25) is 13.9 Å². The maximum absolute atomic E-state index is 11.0. The van der Waals surface area contributed by atoms with Crippen LogP contribution in [-0.4, -0.2) is 28.3 Å².